The van der Waals surface area contributed by atoms with Gasteiger partial charge in [-0.05, 0) is 5.56 Å². The van der Waals surface area contributed by atoms with Gasteiger partial charge in [-0.15, -0.1) is 0 Å². The van der Waals surface area contributed by atoms with E-state index in [0.717, 1.165) is 16.7 Å². The smallest absolute Gasteiger partial charge is 0.187 e. The highest BCUT2D eigenvalue weighted by Crippen LogP contribution is 2.43. The zero-order valence-corrected chi connectivity index (χ0v) is 18.1. The lowest BCUT2D eigenvalue weighted by Gasteiger charge is -2.45. The molecule has 33 heavy (non-hydrogen) atoms. The van der Waals surface area contributed by atoms with Gasteiger partial charge in [0.2, 0.25) is 0 Å². The molecule has 0 unspecified atom stereocenters. The van der Waals surface area contributed by atoms with Crippen LogP contribution >= 0.6 is 0 Å². The standard InChI is InChI=1S/C27H26O6/c1-4-10-18(11-5-1)16-28-27-24-23(32-26(33-24)20-14-8-3-9-15-20)22-21(30-27)17-29-25(31-22)19-12-6-2-7-13-19/h1-15,21-27H,16-17H2/t21-,22-,23+,24+,25-,26-,27+/m1/s1. The van der Waals surface area contributed by atoms with E-state index in [1.807, 2.05) is 91.0 Å². The van der Waals surface area contributed by atoms with Gasteiger partial charge < -0.3 is 28.4 Å². The van der Waals surface area contributed by atoms with Gasteiger partial charge in [-0.3, -0.25) is 0 Å². The molecule has 0 aromatic heterocycles. The molecule has 0 N–H and O–H groups in total. The van der Waals surface area contributed by atoms with Crippen molar-refractivity contribution in [3.8, 4) is 0 Å². The highest BCUT2D eigenvalue weighted by Gasteiger charge is 2.56. The van der Waals surface area contributed by atoms with Gasteiger partial charge in [-0.1, -0.05) is 91.0 Å². The Morgan fingerprint density at radius 1 is 0.606 bits per heavy atom. The van der Waals surface area contributed by atoms with Crippen molar-refractivity contribution in [2.45, 2.75) is 49.9 Å². The largest absolute Gasteiger partial charge is 0.346 e. The van der Waals surface area contributed by atoms with Gasteiger partial charge in [0.15, 0.2) is 18.9 Å². The molecule has 3 heterocycles. The lowest BCUT2D eigenvalue weighted by Crippen LogP contribution is -2.61. The highest BCUT2D eigenvalue weighted by atomic mass is 16.8. The number of hydrogen-bond donors (Lipinski definition) is 0. The van der Waals surface area contributed by atoms with Gasteiger partial charge in [-0.2, -0.15) is 0 Å². The molecule has 0 radical (unpaired) electrons. The maximum Gasteiger partial charge on any atom is 0.187 e. The van der Waals surface area contributed by atoms with E-state index >= 15 is 0 Å². The molecule has 3 aliphatic rings. The maximum atomic E-state index is 6.42. The van der Waals surface area contributed by atoms with Gasteiger partial charge in [0, 0.05) is 11.1 Å². The van der Waals surface area contributed by atoms with E-state index in [1.165, 1.54) is 0 Å². The van der Waals surface area contributed by atoms with Crippen LogP contribution in [-0.4, -0.2) is 37.3 Å². The van der Waals surface area contributed by atoms with E-state index in [1.54, 1.807) is 0 Å². The summed E-state index contributed by atoms with van der Waals surface area (Å²) in [6.45, 7) is 0.803. The summed E-state index contributed by atoms with van der Waals surface area (Å²) in [6, 6.07) is 29.9. The van der Waals surface area contributed by atoms with Crippen molar-refractivity contribution in [3.63, 3.8) is 0 Å². The van der Waals surface area contributed by atoms with Crippen molar-refractivity contribution < 1.29 is 28.4 Å². The summed E-state index contributed by atoms with van der Waals surface area (Å²) in [6.07, 6.45) is -2.99. The molecule has 3 saturated heterocycles. The van der Waals surface area contributed by atoms with Crippen LogP contribution in [0.15, 0.2) is 91.0 Å². The zero-order valence-electron chi connectivity index (χ0n) is 18.1. The zero-order chi connectivity index (χ0) is 22.0. The molecule has 0 aliphatic carbocycles. The molecule has 0 saturated carbocycles. The van der Waals surface area contributed by atoms with Crippen LogP contribution in [0.25, 0.3) is 0 Å². The van der Waals surface area contributed by atoms with Crippen molar-refractivity contribution in [1.29, 1.82) is 0 Å². The molecule has 0 amide bonds. The average Bonchev–Trinajstić information content (AvgIpc) is 3.35. The SMILES string of the molecule is c1ccc(CO[C@H]2O[C@@H]3CO[C@@H](c4ccccc4)O[C@H]3[C@@H]3O[C@@H](c4ccccc4)O[C@H]23)cc1. The normalized spacial score (nSPS) is 33.3. The van der Waals surface area contributed by atoms with Crippen LogP contribution in [0.2, 0.25) is 0 Å². The van der Waals surface area contributed by atoms with Crippen LogP contribution < -0.4 is 0 Å². The van der Waals surface area contributed by atoms with Crippen LogP contribution in [0.3, 0.4) is 0 Å². The maximum absolute atomic E-state index is 6.42. The van der Waals surface area contributed by atoms with E-state index in [0.29, 0.717) is 13.2 Å². The predicted molar refractivity (Wildman–Crippen MR) is 119 cm³/mol. The van der Waals surface area contributed by atoms with Crippen LogP contribution in [0.4, 0.5) is 0 Å². The Balaban J connectivity index is 1.24. The molecule has 6 heteroatoms. The Kier molecular flexibility index (Phi) is 5.94. The van der Waals surface area contributed by atoms with Crippen molar-refractivity contribution in [3.05, 3.63) is 108 Å². The van der Waals surface area contributed by atoms with E-state index in [9.17, 15) is 0 Å². The molecule has 0 bridgehead atoms. The minimum Gasteiger partial charge on any atom is -0.346 e. The van der Waals surface area contributed by atoms with Crippen molar-refractivity contribution >= 4 is 0 Å². The van der Waals surface area contributed by atoms with E-state index in [2.05, 4.69) is 0 Å². The summed E-state index contributed by atoms with van der Waals surface area (Å²) >= 11 is 0. The molecule has 6 rings (SSSR count). The summed E-state index contributed by atoms with van der Waals surface area (Å²) in [5, 5.41) is 0. The predicted octanol–water partition coefficient (Wildman–Crippen LogP) is 4.53. The lowest BCUT2D eigenvalue weighted by atomic mass is 9.98. The Labute approximate surface area is 192 Å². The van der Waals surface area contributed by atoms with Gasteiger partial charge >= 0.3 is 0 Å². The molecular formula is C27H26O6. The minimum absolute atomic E-state index is 0.315. The van der Waals surface area contributed by atoms with Gasteiger partial charge in [-0.25, -0.2) is 0 Å². The number of rotatable bonds is 5. The summed E-state index contributed by atoms with van der Waals surface area (Å²) in [7, 11) is 0. The quantitative estimate of drug-likeness (QED) is 0.574. The van der Waals surface area contributed by atoms with Gasteiger partial charge in [0.05, 0.1) is 13.2 Å². The summed E-state index contributed by atoms with van der Waals surface area (Å²) in [5.74, 6) is 0. The third-order valence-electron chi connectivity index (χ3n) is 6.25. The molecule has 3 aliphatic heterocycles. The second kappa shape index (κ2) is 9.35. The monoisotopic (exact) mass is 446 g/mol. The average molecular weight is 446 g/mol. The van der Waals surface area contributed by atoms with E-state index < -0.39 is 25.0 Å². The number of benzene rings is 3. The van der Waals surface area contributed by atoms with Gasteiger partial charge in [0.25, 0.3) is 0 Å². The highest BCUT2D eigenvalue weighted by molar-refractivity contribution is 5.19. The molecule has 7 atom stereocenters. The van der Waals surface area contributed by atoms with E-state index in [-0.39, 0.29) is 18.3 Å². The molecule has 3 fully saturated rings. The Hall–Kier alpha value is -2.58. The first-order valence-electron chi connectivity index (χ1n) is 11.3. The van der Waals surface area contributed by atoms with Crippen molar-refractivity contribution in [2.75, 3.05) is 6.61 Å². The fourth-order valence-electron chi connectivity index (χ4n) is 4.60. The number of ether oxygens (including phenoxy) is 6. The molecule has 3 aromatic rings. The van der Waals surface area contributed by atoms with Crippen LogP contribution in [0.1, 0.15) is 29.3 Å². The fraction of sp³-hybridized carbons (Fsp3) is 0.333. The second-order valence-electron chi connectivity index (χ2n) is 8.46. The molecule has 3 aromatic carbocycles. The lowest BCUT2D eigenvalue weighted by molar-refractivity contribution is -0.348. The Bertz CT molecular complexity index is 1030. The number of fused-ring (bicyclic) bond motifs is 3. The fourth-order valence-corrected chi connectivity index (χ4v) is 4.60. The van der Waals surface area contributed by atoms with Gasteiger partial charge in [0.1, 0.15) is 24.4 Å². The third-order valence-corrected chi connectivity index (χ3v) is 6.25. The first kappa shape index (κ1) is 21.0. The minimum atomic E-state index is -0.592. The summed E-state index contributed by atoms with van der Waals surface area (Å²) in [4.78, 5) is 0. The topological polar surface area (TPSA) is 55.4 Å². The third kappa shape index (κ3) is 4.34. The molecule has 0 spiro atoms. The first-order valence-corrected chi connectivity index (χ1v) is 11.3. The summed E-state index contributed by atoms with van der Waals surface area (Å²) < 4.78 is 37.7. The van der Waals surface area contributed by atoms with Crippen molar-refractivity contribution in [1.82, 2.24) is 0 Å². The molecule has 170 valence electrons. The Morgan fingerprint density at radius 3 is 1.88 bits per heavy atom. The van der Waals surface area contributed by atoms with Crippen LogP contribution in [-0.2, 0) is 35.0 Å². The van der Waals surface area contributed by atoms with Crippen LogP contribution in [0, 0.1) is 0 Å². The van der Waals surface area contributed by atoms with E-state index in [4.69, 9.17) is 28.4 Å². The molecule has 6 nitrogen and oxygen atoms in total. The second-order valence-corrected chi connectivity index (χ2v) is 8.46. The molecular weight excluding hydrogens is 420 g/mol. The number of hydrogen-bond acceptors (Lipinski definition) is 6. The van der Waals surface area contributed by atoms with Crippen molar-refractivity contribution in [2.24, 2.45) is 0 Å². The summed E-state index contributed by atoms with van der Waals surface area (Å²) in [5.41, 5.74) is 2.99. The van der Waals surface area contributed by atoms with Crippen LogP contribution in [0.5, 0.6) is 0 Å². The Morgan fingerprint density at radius 2 is 1.18 bits per heavy atom. The first-order chi connectivity index (χ1) is 16.3.